The van der Waals surface area contributed by atoms with Gasteiger partial charge in [-0.1, -0.05) is 30.3 Å². The number of hydrogen-bond donors (Lipinski definition) is 4. The van der Waals surface area contributed by atoms with Crippen LogP contribution in [0.2, 0.25) is 0 Å². The van der Waals surface area contributed by atoms with Crippen LogP contribution in [0.15, 0.2) is 60.1 Å². The van der Waals surface area contributed by atoms with Crippen LogP contribution in [0.1, 0.15) is 15.9 Å². The second kappa shape index (κ2) is 8.98. The molecule has 0 aliphatic rings. The Hall–Kier alpha value is -4.05. The number of carboxylic acid groups (broad SMARTS) is 1. The summed E-state index contributed by atoms with van der Waals surface area (Å²) in [5.41, 5.74) is 9.12. The topological polar surface area (TPSA) is 130 Å². The van der Waals surface area contributed by atoms with Crippen LogP contribution in [0.3, 0.4) is 0 Å². The van der Waals surface area contributed by atoms with E-state index in [4.69, 9.17) is 5.73 Å². The van der Waals surface area contributed by atoms with Gasteiger partial charge in [0.15, 0.2) is 11.6 Å². The number of fused-ring (bicyclic) bond motifs is 1. The molecule has 8 nitrogen and oxygen atoms in total. The third-order valence-corrected chi connectivity index (χ3v) is 5.52. The number of nitrogens with zero attached hydrogens (tertiary/aromatic N) is 2. The number of hydrogen-bond acceptors (Lipinski definition) is 7. The number of amides is 1. The molecule has 2 aromatic carbocycles. The first kappa shape index (κ1) is 21.2. The summed E-state index contributed by atoms with van der Waals surface area (Å²) in [4.78, 5) is 32.0. The molecular formula is C22H18FN5O3S. The first-order valence-corrected chi connectivity index (χ1v) is 10.4. The molecule has 0 spiro atoms. The molecule has 4 aromatic rings. The number of nitrogens with one attached hydrogen (secondary N) is 2. The molecule has 1 atom stereocenters. The number of carbonyl (C=O) groups is 2. The number of pyridine rings is 1. The summed E-state index contributed by atoms with van der Waals surface area (Å²) in [6.07, 6.45) is 0.111. The van der Waals surface area contributed by atoms with Crippen LogP contribution in [0.25, 0.3) is 10.2 Å². The van der Waals surface area contributed by atoms with Gasteiger partial charge in [-0.3, -0.25) is 4.79 Å². The minimum absolute atomic E-state index is 0.00844. The third-order valence-electron chi connectivity index (χ3n) is 4.73. The highest BCUT2D eigenvalue weighted by Gasteiger charge is 2.23. The minimum atomic E-state index is -1.17. The Kier molecular flexibility index (Phi) is 5.95. The normalized spacial score (nSPS) is 11.8. The lowest BCUT2D eigenvalue weighted by Gasteiger charge is -2.18. The molecule has 0 fully saturated rings. The molecule has 162 valence electrons. The van der Waals surface area contributed by atoms with Crippen molar-refractivity contribution in [3.63, 3.8) is 0 Å². The molecule has 0 aliphatic carbocycles. The largest absolute Gasteiger partial charge is 0.480 e. The molecule has 0 saturated heterocycles. The molecule has 0 saturated carbocycles. The van der Waals surface area contributed by atoms with Gasteiger partial charge in [0.25, 0.3) is 5.91 Å². The molecule has 32 heavy (non-hydrogen) atoms. The van der Waals surface area contributed by atoms with Crippen molar-refractivity contribution >= 4 is 50.8 Å². The van der Waals surface area contributed by atoms with E-state index in [1.54, 1.807) is 41.9 Å². The number of anilines is 3. The molecule has 2 heterocycles. The van der Waals surface area contributed by atoms with Crippen molar-refractivity contribution in [2.75, 3.05) is 10.6 Å². The number of carbonyl (C=O) groups excluding carboxylic acids is 1. The highest BCUT2D eigenvalue weighted by molar-refractivity contribution is 7.16. The van der Waals surface area contributed by atoms with Gasteiger partial charge in [-0.15, -0.1) is 11.3 Å². The molecule has 10 heteroatoms. The van der Waals surface area contributed by atoms with E-state index in [0.29, 0.717) is 5.69 Å². The van der Waals surface area contributed by atoms with Crippen LogP contribution < -0.4 is 16.4 Å². The number of benzene rings is 2. The van der Waals surface area contributed by atoms with Crippen LogP contribution in [0.5, 0.6) is 0 Å². The minimum Gasteiger partial charge on any atom is -0.480 e. The van der Waals surface area contributed by atoms with Gasteiger partial charge >= 0.3 is 5.97 Å². The second-order valence-corrected chi connectivity index (χ2v) is 7.85. The molecule has 0 radical (unpaired) electrons. The highest BCUT2D eigenvalue weighted by atomic mass is 32.1. The zero-order valence-corrected chi connectivity index (χ0v) is 17.4. The van der Waals surface area contributed by atoms with Gasteiger partial charge in [0, 0.05) is 12.1 Å². The zero-order valence-electron chi connectivity index (χ0n) is 16.6. The summed E-state index contributed by atoms with van der Waals surface area (Å²) in [5, 5.41) is 15.2. The quantitative estimate of drug-likeness (QED) is 0.321. The number of aliphatic carboxylic acids is 1. The molecular weight excluding hydrogens is 433 g/mol. The second-order valence-electron chi connectivity index (χ2n) is 6.96. The fraction of sp³-hybridized carbons (Fsp3) is 0.0909. The number of thiazole rings is 1. The maximum absolute atomic E-state index is 14.7. The van der Waals surface area contributed by atoms with Crippen molar-refractivity contribution in [2.45, 2.75) is 12.5 Å². The van der Waals surface area contributed by atoms with Gasteiger partial charge in [-0.25, -0.2) is 19.2 Å². The highest BCUT2D eigenvalue weighted by Crippen LogP contribution is 2.27. The van der Waals surface area contributed by atoms with Crippen LogP contribution in [-0.4, -0.2) is 33.0 Å². The maximum atomic E-state index is 14.7. The van der Waals surface area contributed by atoms with Crippen molar-refractivity contribution in [1.29, 1.82) is 0 Å². The van der Waals surface area contributed by atoms with Crippen LogP contribution in [0.4, 0.5) is 21.7 Å². The van der Waals surface area contributed by atoms with Crippen molar-refractivity contribution in [3.8, 4) is 0 Å². The van der Waals surface area contributed by atoms with E-state index in [0.717, 1.165) is 21.8 Å². The van der Waals surface area contributed by atoms with Gasteiger partial charge in [-0.2, -0.15) is 0 Å². The van der Waals surface area contributed by atoms with Crippen molar-refractivity contribution in [1.82, 2.24) is 9.97 Å². The summed E-state index contributed by atoms with van der Waals surface area (Å²) in [5.74, 6) is -3.22. The molecule has 0 unspecified atom stereocenters. The number of rotatable bonds is 8. The lowest BCUT2D eigenvalue weighted by Crippen LogP contribution is -2.32. The number of primary amides is 1. The molecule has 0 aliphatic heterocycles. The maximum Gasteiger partial charge on any atom is 0.326 e. The van der Waals surface area contributed by atoms with E-state index >= 15 is 0 Å². The standard InChI is InChI=1S/C22H18FN5O3S/c23-15-10-14(19(24)29)20(26-13-6-7-16-18(9-13)32-11-25-16)28-21(15)27-17(22(30)31)8-12-4-2-1-3-5-12/h1-7,9-11,17H,8H2,(H2,24,29)(H,30,31)(H2,26,27,28)/t17-/m1/s1. The Morgan fingerprint density at radius 2 is 1.91 bits per heavy atom. The van der Waals surface area contributed by atoms with Crippen LogP contribution >= 0.6 is 11.3 Å². The molecule has 1 amide bonds. The Labute approximate surface area is 185 Å². The average Bonchev–Trinajstić information content (AvgIpc) is 3.23. The lowest BCUT2D eigenvalue weighted by molar-refractivity contribution is -0.137. The Morgan fingerprint density at radius 1 is 1.12 bits per heavy atom. The first-order valence-electron chi connectivity index (χ1n) is 9.54. The summed E-state index contributed by atoms with van der Waals surface area (Å²) < 4.78 is 15.6. The molecule has 4 rings (SSSR count). The smallest absolute Gasteiger partial charge is 0.326 e. The number of carboxylic acids is 1. The predicted octanol–water partition coefficient (Wildman–Crippen LogP) is 3.78. The number of halogens is 1. The molecule has 2 aromatic heterocycles. The summed E-state index contributed by atoms with van der Waals surface area (Å²) in [7, 11) is 0. The van der Waals surface area contributed by atoms with Crippen molar-refractivity contribution in [2.24, 2.45) is 5.73 Å². The monoisotopic (exact) mass is 451 g/mol. The third kappa shape index (κ3) is 4.65. The molecule has 5 N–H and O–H groups in total. The number of nitrogens with two attached hydrogens (primary N) is 1. The van der Waals surface area contributed by atoms with Gasteiger partial charge in [0.2, 0.25) is 0 Å². The Morgan fingerprint density at radius 3 is 2.62 bits per heavy atom. The van der Waals surface area contributed by atoms with Crippen LogP contribution in [0, 0.1) is 5.82 Å². The molecule has 0 bridgehead atoms. The van der Waals surface area contributed by atoms with E-state index in [1.165, 1.54) is 11.3 Å². The van der Waals surface area contributed by atoms with Crippen molar-refractivity contribution in [3.05, 3.63) is 77.1 Å². The fourth-order valence-corrected chi connectivity index (χ4v) is 3.87. The van der Waals surface area contributed by atoms with Gasteiger partial charge < -0.3 is 21.5 Å². The predicted molar refractivity (Wildman–Crippen MR) is 121 cm³/mol. The Bertz CT molecular complexity index is 1300. The summed E-state index contributed by atoms with van der Waals surface area (Å²) >= 11 is 1.44. The zero-order chi connectivity index (χ0) is 22.7. The number of aromatic nitrogens is 2. The van der Waals surface area contributed by atoms with E-state index in [-0.39, 0.29) is 23.6 Å². The SMILES string of the molecule is NC(=O)c1cc(F)c(N[C@H](Cc2ccccc2)C(=O)O)nc1Nc1ccc2ncsc2c1. The summed E-state index contributed by atoms with van der Waals surface area (Å²) in [6, 6.07) is 14.1. The average molecular weight is 451 g/mol. The van der Waals surface area contributed by atoms with E-state index in [2.05, 4.69) is 20.6 Å². The van der Waals surface area contributed by atoms with E-state index in [9.17, 15) is 19.1 Å². The first-order chi connectivity index (χ1) is 15.4. The van der Waals surface area contributed by atoms with E-state index in [1.807, 2.05) is 12.1 Å². The van der Waals surface area contributed by atoms with Crippen molar-refractivity contribution < 1.29 is 19.1 Å². The Balaban J connectivity index is 1.66. The van der Waals surface area contributed by atoms with Gasteiger partial charge in [-0.05, 0) is 29.8 Å². The van der Waals surface area contributed by atoms with Crippen LogP contribution in [-0.2, 0) is 11.2 Å². The van der Waals surface area contributed by atoms with E-state index < -0.39 is 23.7 Å². The lowest BCUT2D eigenvalue weighted by atomic mass is 10.1. The van der Waals surface area contributed by atoms with Gasteiger partial charge in [0.05, 0.1) is 21.3 Å². The fourth-order valence-electron chi connectivity index (χ4n) is 3.16. The summed E-state index contributed by atoms with van der Waals surface area (Å²) in [6.45, 7) is 0. The van der Waals surface area contributed by atoms with Gasteiger partial charge in [0.1, 0.15) is 11.9 Å².